The average Bonchev–Trinajstić information content (AvgIpc) is 2.95. The highest BCUT2D eigenvalue weighted by Crippen LogP contribution is 2.28. The number of rotatable bonds is 5. The Balaban J connectivity index is 1.79. The Morgan fingerprint density at radius 1 is 1.40 bits per heavy atom. The summed E-state index contributed by atoms with van der Waals surface area (Å²) in [5.74, 6) is -0.488. The summed E-state index contributed by atoms with van der Waals surface area (Å²) in [6, 6.07) is 0.980. The van der Waals surface area contributed by atoms with Gasteiger partial charge >= 0.3 is 6.18 Å². The molecule has 0 aliphatic carbocycles. The Morgan fingerprint density at radius 3 is 2.56 bits per heavy atom. The SMILES string of the molecule is C=CC(=O)N1CCC(C(=O)NCCn2nc(C(F)(F)F)cc2C)CC1. The molecule has 0 bridgehead atoms. The van der Waals surface area contributed by atoms with Crippen LogP contribution in [-0.4, -0.2) is 46.1 Å². The number of alkyl halides is 3. The van der Waals surface area contributed by atoms with Gasteiger partial charge in [0.15, 0.2) is 5.69 Å². The van der Waals surface area contributed by atoms with Crippen molar-refractivity contribution in [3.63, 3.8) is 0 Å². The maximum Gasteiger partial charge on any atom is 0.435 e. The number of carbonyl (C=O) groups excluding carboxylic acids is 2. The van der Waals surface area contributed by atoms with Crippen LogP contribution in [0.3, 0.4) is 0 Å². The van der Waals surface area contributed by atoms with Crippen LogP contribution in [0.15, 0.2) is 18.7 Å². The number of carbonyl (C=O) groups is 2. The molecule has 0 aromatic carbocycles. The normalized spacial score (nSPS) is 15.9. The lowest BCUT2D eigenvalue weighted by Crippen LogP contribution is -2.43. The second kappa shape index (κ2) is 7.71. The molecule has 9 heteroatoms. The first-order valence-electron chi connectivity index (χ1n) is 8.03. The lowest BCUT2D eigenvalue weighted by atomic mass is 9.96. The molecule has 0 atom stereocenters. The second-order valence-electron chi connectivity index (χ2n) is 5.99. The van der Waals surface area contributed by atoms with E-state index in [2.05, 4.69) is 17.0 Å². The molecule has 1 aromatic heterocycles. The van der Waals surface area contributed by atoms with E-state index in [0.717, 1.165) is 6.07 Å². The number of nitrogens with zero attached hydrogens (tertiary/aromatic N) is 3. The number of amides is 2. The summed E-state index contributed by atoms with van der Waals surface area (Å²) in [6.07, 6.45) is -2.10. The number of hydrogen-bond donors (Lipinski definition) is 1. The molecule has 6 nitrogen and oxygen atoms in total. The molecule has 0 unspecified atom stereocenters. The molecule has 1 fully saturated rings. The van der Waals surface area contributed by atoms with Crippen LogP contribution in [0.1, 0.15) is 24.2 Å². The van der Waals surface area contributed by atoms with Crippen LogP contribution in [-0.2, 0) is 22.3 Å². The Morgan fingerprint density at radius 2 is 2.04 bits per heavy atom. The van der Waals surface area contributed by atoms with Crippen molar-refractivity contribution in [2.24, 2.45) is 5.92 Å². The summed E-state index contributed by atoms with van der Waals surface area (Å²) in [5, 5.41) is 6.25. The Hall–Kier alpha value is -2.32. The van der Waals surface area contributed by atoms with Crippen molar-refractivity contribution < 1.29 is 22.8 Å². The third kappa shape index (κ3) is 4.83. The number of nitrogens with one attached hydrogen (secondary N) is 1. The highest BCUT2D eigenvalue weighted by Gasteiger charge is 2.34. The molecule has 2 amide bonds. The van der Waals surface area contributed by atoms with Gasteiger partial charge in [0.2, 0.25) is 11.8 Å². The van der Waals surface area contributed by atoms with Crippen LogP contribution in [0.4, 0.5) is 13.2 Å². The largest absolute Gasteiger partial charge is 0.435 e. The molecule has 2 rings (SSSR count). The second-order valence-corrected chi connectivity index (χ2v) is 5.99. The lowest BCUT2D eigenvalue weighted by molar-refractivity contribution is -0.141. The van der Waals surface area contributed by atoms with Crippen LogP contribution in [0, 0.1) is 12.8 Å². The van der Waals surface area contributed by atoms with Gasteiger partial charge in [-0.2, -0.15) is 18.3 Å². The molecule has 0 spiro atoms. The maximum atomic E-state index is 12.6. The van der Waals surface area contributed by atoms with Gasteiger partial charge in [0.05, 0.1) is 6.54 Å². The zero-order valence-electron chi connectivity index (χ0n) is 14.0. The minimum atomic E-state index is -4.48. The van der Waals surface area contributed by atoms with Crippen LogP contribution < -0.4 is 5.32 Å². The number of piperidine rings is 1. The number of halogens is 3. The van der Waals surface area contributed by atoms with Gasteiger partial charge in [-0.05, 0) is 31.9 Å². The van der Waals surface area contributed by atoms with Crippen LogP contribution >= 0.6 is 0 Å². The van der Waals surface area contributed by atoms with Crippen molar-refractivity contribution >= 4 is 11.8 Å². The topological polar surface area (TPSA) is 67.2 Å². The summed E-state index contributed by atoms with van der Waals surface area (Å²) >= 11 is 0. The maximum absolute atomic E-state index is 12.6. The average molecular weight is 358 g/mol. The minimum Gasteiger partial charge on any atom is -0.354 e. The predicted octanol–water partition coefficient (Wildman–Crippen LogP) is 1.75. The highest BCUT2D eigenvalue weighted by molar-refractivity contribution is 5.87. The fourth-order valence-corrected chi connectivity index (χ4v) is 2.80. The Labute approximate surface area is 143 Å². The van der Waals surface area contributed by atoms with E-state index in [1.54, 1.807) is 4.90 Å². The first-order valence-corrected chi connectivity index (χ1v) is 8.03. The van der Waals surface area contributed by atoms with Gasteiger partial charge in [-0.1, -0.05) is 6.58 Å². The predicted molar refractivity (Wildman–Crippen MR) is 84.5 cm³/mol. The molecule has 1 aliphatic rings. The number of aryl methyl sites for hydroxylation is 1. The van der Waals surface area contributed by atoms with Crippen LogP contribution in [0.2, 0.25) is 0 Å². The van der Waals surface area contributed by atoms with Crippen molar-refractivity contribution in [1.29, 1.82) is 0 Å². The standard InChI is InChI=1S/C16H21F3N4O2/c1-3-14(24)22-7-4-12(5-8-22)15(25)20-6-9-23-11(2)10-13(21-23)16(17,18)19/h3,10,12H,1,4-9H2,2H3,(H,20,25). The van der Waals surface area contributed by atoms with E-state index < -0.39 is 11.9 Å². The molecular weight excluding hydrogens is 337 g/mol. The van der Waals surface area contributed by atoms with Crippen molar-refractivity contribution in [2.45, 2.75) is 32.5 Å². The van der Waals surface area contributed by atoms with Gasteiger partial charge in [0, 0.05) is 31.2 Å². The summed E-state index contributed by atoms with van der Waals surface area (Å²) in [4.78, 5) is 25.3. The molecule has 0 radical (unpaired) electrons. The lowest BCUT2D eigenvalue weighted by Gasteiger charge is -2.30. The quantitative estimate of drug-likeness (QED) is 0.816. The van der Waals surface area contributed by atoms with E-state index in [-0.39, 0.29) is 30.8 Å². The monoisotopic (exact) mass is 358 g/mol. The third-order valence-electron chi connectivity index (χ3n) is 4.25. The van der Waals surface area contributed by atoms with Crippen LogP contribution in [0.5, 0.6) is 0 Å². The number of aromatic nitrogens is 2. The molecule has 138 valence electrons. The van der Waals surface area contributed by atoms with Gasteiger partial charge in [0.25, 0.3) is 0 Å². The van der Waals surface area contributed by atoms with Gasteiger partial charge in [0.1, 0.15) is 0 Å². The van der Waals surface area contributed by atoms with E-state index in [4.69, 9.17) is 0 Å². The van der Waals surface area contributed by atoms with Gasteiger partial charge in [-0.25, -0.2) is 0 Å². The summed E-state index contributed by atoms with van der Waals surface area (Å²) < 4.78 is 39.1. The third-order valence-corrected chi connectivity index (χ3v) is 4.25. The molecule has 1 saturated heterocycles. The molecule has 1 aliphatic heterocycles. The summed E-state index contributed by atoms with van der Waals surface area (Å²) in [7, 11) is 0. The smallest absolute Gasteiger partial charge is 0.354 e. The van der Waals surface area contributed by atoms with Gasteiger partial charge < -0.3 is 10.2 Å². The summed E-state index contributed by atoms with van der Waals surface area (Å²) in [6.45, 7) is 6.33. The molecule has 0 saturated carbocycles. The fraction of sp³-hybridized carbons (Fsp3) is 0.562. The number of hydrogen-bond acceptors (Lipinski definition) is 3. The first kappa shape index (κ1) is 19.0. The zero-order valence-corrected chi connectivity index (χ0v) is 14.0. The Kier molecular flexibility index (Phi) is 5.86. The molecule has 2 heterocycles. The summed E-state index contributed by atoms with van der Waals surface area (Å²) in [5.41, 5.74) is -0.548. The molecule has 1 aromatic rings. The van der Waals surface area contributed by atoms with Crippen molar-refractivity contribution in [2.75, 3.05) is 19.6 Å². The van der Waals surface area contributed by atoms with E-state index in [1.165, 1.54) is 17.7 Å². The van der Waals surface area contributed by atoms with Gasteiger partial charge in [-0.3, -0.25) is 14.3 Å². The van der Waals surface area contributed by atoms with Crippen molar-refractivity contribution in [1.82, 2.24) is 20.0 Å². The molecule has 1 N–H and O–H groups in total. The van der Waals surface area contributed by atoms with E-state index in [1.807, 2.05) is 0 Å². The van der Waals surface area contributed by atoms with Crippen molar-refractivity contribution in [3.8, 4) is 0 Å². The van der Waals surface area contributed by atoms with Crippen molar-refractivity contribution in [3.05, 3.63) is 30.1 Å². The highest BCUT2D eigenvalue weighted by atomic mass is 19.4. The zero-order chi connectivity index (χ0) is 18.6. The minimum absolute atomic E-state index is 0.145. The molecular formula is C16H21F3N4O2. The van der Waals surface area contributed by atoms with Crippen LogP contribution in [0.25, 0.3) is 0 Å². The number of likely N-dealkylation sites (tertiary alicyclic amines) is 1. The van der Waals surface area contributed by atoms with E-state index >= 15 is 0 Å². The Bertz CT molecular complexity index is 646. The first-order chi connectivity index (χ1) is 11.7. The van der Waals surface area contributed by atoms with E-state index in [9.17, 15) is 22.8 Å². The fourth-order valence-electron chi connectivity index (χ4n) is 2.80. The molecule has 25 heavy (non-hydrogen) atoms. The van der Waals surface area contributed by atoms with E-state index in [0.29, 0.717) is 31.6 Å². The van der Waals surface area contributed by atoms with Gasteiger partial charge in [-0.15, -0.1) is 0 Å².